The SMILES string of the molecule is COc1cc(C(=O)NCCC(=O)NC2CC2)cc(OC)c1OC. The molecule has 0 saturated heterocycles. The van der Waals surface area contributed by atoms with Crippen molar-refractivity contribution >= 4 is 11.8 Å². The second-order valence-corrected chi connectivity index (χ2v) is 5.26. The molecule has 1 aromatic rings. The summed E-state index contributed by atoms with van der Waals surface area (Å²) in [5.74, 6) is 0.892. The molecule has 0 unspecified atom stereocenters. The van der Waals surface area contributed by atoms with Gasteiger partial charge >= 0.3 is 0 Å². The summed E-state index contributed by atoms with van der Waals surface area (Å²) < 4.78 is 15.6. The number of hydrogen-bond acceptors (Lipinski definition) is 5. The van der Waals surface area contributed by atoms with E-state index in [1.54, 1.807) is 12.1 Å². The second-order valence-electron chi connectivity index (χ2n) is 5.26. The van der Waals surface area contributed by atoms with E-state index < -0.39 is 0 Å². The van der Waals surface area contributed by atoms with Crippen LogP contribution in [0.15, 0.2) is 12.1 Å². The highest BCUT2D eigenvalue weighted by molar-refractivity contribution is 5.95. The van der Waals surface area contributed by atoms with Crippen molar-refractivity contribution in [2.75, 3.05) is 27.9 Å². The summed E-state index contributed by atoms with van der Waals surface area (Å²) in [6, 6.07) is 3.47. The Balaban J connectivity index is 1.96. The molecule has 1 fully saturated rings. The third-order valence-electron chi connectivity index (χ3n) is 3.51. The third kappa shape index (κ3) is 4.51. The molecule has 1 aromatic carbocycles. The minimum absolute atomic E-state index is 0.0438. The van der Waals surface area contributed by atoms with Crippen LogP contribution in [0.4, 0.5) is 0 Å². The third-order valence-corrected chi connectivity index (χ3v) is 3.51. The van der Waals surface area contributed by atoms with Crippen LogP contribution in [0.1, 0.15) is 29.6 Å². The van der Waals surface area contributed by atoms with Crippen LogP contribution in [0.3, 0.4) is 0 Å². The van der Waals surface area contributed by atoms with Gasteiger partial charge in [0.1, 0.15) is 0 Å². The van der Waals surface area contributed by atoms with Crippen molar-refractivity contribution in [1.29, 1.82) is 0 Å². The Kier molecular flexibility index (Phi) is 5.67. The summed E-state index contributed by atoms with van der Waals surface area (Å²) in [7, 11) is 4.47. The van der Waals surface area contributed by atoms with Crippen LogP contribution >= 0.6 is 0 Å². The van der Waals surface area contributed by atoms with Crippen molar-refractivity contribution in [3.63, 3.8) is 0 Å². The highest BCUT2D eigenvalue weighted by Gasteiger charge is 2.23. The first-order valence-corrected chi connectivity index (χ1v) is 7.46. The van der Waals surface area contributed by atoms with Crippen molar-refractivity contribution in [2.24, 2.45) is 0 Å². The molecule has 0 heterocycles. The van der Waals surface area contributed by atoms with Gasteiger partial charge in [-0.2, -0.15) is 0 Å². The molecule has 0 aliphatic heterocycles. The predicted octanol–water partition coefficient (Wildman–Crippen LogP) is 1.11. The molecule has 0 atom stereocenters. The van der Waals surface area contributed by atoms with Gasteiger partial charge in [-0.05, 0) is 25.0 Å². The van der Waals surface area contributed by atoms with Crippen LogP contribution in [0.25, 0.3) is 0 Å². The average molecular weight is 322 g/mol. The Morgan fingerprint density at radius 1 is 1.09 bits per heavy atom. The maximum atomic E-state index is 12.2. The fourth-order valence-corrected chi connectivity index (χ4v) is 2.13. The first-order valence-electron chi connectivity index (χ1n) is 7.46. The lowest BCUT2D eigenvalue weighted by molar-refractivity contribution is -0.121. The number of nitrogens with one attached hydrogen (secondary N) is 2. The molecular weight excluding hydrogens is 300 g/mol. The fourth-order valence-electron chi connectivity index (χ4n) is 2.13. The first-order chi connectivity index (χ1) is 11.1. The van der Waals surface area contributed by atoms with Gasteiger partial charge in [-0.25, -0.2) is 0 Å². The molecular formula is C16H22N2O5. The number of carbonyl (C=O) groups excluding carboxylic acids is 2. The molecule has 1 aliphatic carbocycles. The van der Waals surface area contributed by atoms with E-state index >= 15 is 0 Å². The Morgan fingerprint density at radius 2 is 1.70 bits per heavy atom. The molecule has 7 nitrogen and oxygen atoms in total. The van der Waals surface area contributed by atoms with Crippen LogP contribution in [-0.2, 0) is 4.79 Å². The van der Waals surface area contributed by atoms with Gasteiger partial charge in [-0.3, -0.25) is 9.59 Å². The quantitative estimate of drug-likeness (QED) is 0.749. The molecule has 2 amide bonds. The molecule has 0 spiro atoms. The number of carbonyl (C=O) groups is 2. The summed E-state index contributed by atoms with van der Waals surface area (Å²) in [5, 5.41) is 5.58. The zero-order valence-electron chi connectivity index (χ0n) is 13.6. The van der Waals surface area contributed by atoms with E-state index in [9.17, 15) is 9.59 Å². The molecule has 126 valence electrons. The van der Waals surface area contributed by atoms with Gasteiger partial charge < -0.3 is 24.8 Å². The van der Waals surface area contributed by atoms with E-state index in [1.165, 1.54) is 21.3 Å². The number of rotatable bonds is 8. The van der Waals surface area contributed by atoms with E-state index in [0.29, 0.717) is 28.9 Å². The Hall–Kier alpha value is -2.44. The molecule has 1 aliphatic rings. The molecule has 0 bridgehead atoms. The van der Waals surface area contributed by atoms with Crippen LogP contribution < -0.4 is 24.8 Å². The first kappa shape index (κ1) is 16.9. The van der Waals surface area contributed by atoms with Crippen LogP contribution in [0.5, 0.6) is 17.2 Å². The lowest BCUT2D eigenvalue weighted by atomic mass is 10.1. The van der Waals surface area contributed by atoms with Crippen LogP contribution in [0, 0.1) is 0 Å². The standard InChI is InChI=1S/C16H22N2O5/c1-21-12-8-10(9-13(22-2)15(12)23-3)16(20)17-7-6-14(19)18-11-4-5-11/h8-9,11H,4-7H2,1-3H3,(H,17,20)(H,18,19). The Morgan fingerprint density at radius 3 is 2.17 bits per heavy atom. The van der Waals surface area contributed by atoms with Gasteiger partial charge in [0.15, 0.2) is 11.5 Å². The van der Waals surface area contributed by atoms with E-state index in [-0.39, 0.29) is 24.8 Å². The summed E-state index contributed by atoms with van der Waals surface area (Å²) >= 11 is 0. The number of methoxy groups -OCH3 is 3. The summed E-state index contributed by atoms with van der Waals surface area (Å²) in [5.41, 5.74) is 0.377. The van der Waals surface area contributed by atoms with Gasteiger partial charge in [-0.1, -0.05) is 0 Å². The van der Waals surface area contributed by atoms with E-state index in [4.69, 9.17) is 14.2 Å². The van der Waals surface area contributed by atoms with Crippen LogP contribution in [-0.4, -0.2) is 45.7 Å². The Bertz CT molecular complexity index is 559. The Labute approximate surface area is 135 Å². The van der Waals surface area contributed by atoms with E-state index in [2.05, 4.69) is 10.6 Å². The summed E-state index contributed by atoms with van der Waals surface area (Å²) in [4.78, 5) is 23.8. The molecule has 23 heavy (non-hydrogen) atoms. The van der Waals surface area contributed by atoms with Gasteiger partial charge in [0.05, 0.1) is 21.3 Å². The maximum Gasteiger partial charge on any atom is 0.251 e. The molecule has 2 rings (SSSR count). The topological polar surface area (TPSA) is 85.9 Å². The fraction of sp³-hybridized carbons (Fsp3) is 0.500. The van der Waals surface area contributed by atoms with Crippen molar-refractivity contribution in [1.82, 2.24) is 10.6 Å². The minimum Gasteiger partial charge on any atom is -0.493 e. The molecule has 7 heteroatoms. The molecule has 0 radical (unpaired) electrons. The molecule has 2 N–H and O–H groups in total. The normalized spacial score (nSPS) is 13.2. The second kappa shape index (κ2) is 7.71. The zero-order chi connectivity index (χ0) is 16.8. The zero-order valence-corrected chi connectivity index (χ0v) is 13.6. The number of benzene rings is 1. The average Bonchev–Trinajstić information content (AvgIpc) is 3.36. The smallest absolute Gasteiger partial charge is 0.251 e. The van der Waals surface area contributed by atoms with Crippen molar-refractivity contribution in [2.45, 2.75) is 25.3 Å². The van der Waals surface area contributed by atoms with Gasteiger partial charge in [0, 0.05) is 24.6 Å². The summed E-state index contributed by atoms with van der Waals surface area (Å²) in [6.45, 7) is 0.272. The predicted molar refractivity (Wildman–Crippen MR) is 84.2 cm³/mol. The van der Waals surface area contributed by atoms with Gasteiger partial charge in [0.2, 0.25) is 11.7 Å². The summed E-state index contributed by atoms with van der Waals surface area (Å²) in [6.07, 6.45) is 2.35. The monoisotopic (exact) mass is 322 g/mol. The van der Waals surface area contributed by atoms with Gasteiger partial charge in [-0.15, -0.1) is 0 Å². The van der Waals surface area contributed by atoms with E-state index in [1.807, 2.05) is 0 Å². The lowest BCUT2D eigenvalue weighted by Gasteiger charge is -2.14. The highest BCUT2D eigenvalue weighted by Crippen LogP contribution is 2.38. The number of amides is 2. The van der Waals surface area contributed by atoms with Crippen LogP contribution in [0.2, 0.25) is 0 Å². The highest BCUT2D eigenvalue weighted by atomic mass is 16.5. The van der Waals surface area contributed by atoms with E-state index in [0.717, 1.165) is 12.8 Å². The largest absolute Gasteiger partial charge is 0.493 e. The minimum atomic E-state index is -0.302. The van der Waals surface area contributed by atoms with Crippen molar-refractivity contribution < 1.29 is 23.8 Å². The van der Waals surface area contributed by atoms with Crippen molar-refractivity contribution in [3.05, 3.63) is 17.7 Å². The molecule has 1 saturated carbocycles. The van der Waals surface area contributed by atoms with Gasteiger partial charge in [0.25, 0.3) is 5.91 Å². The lowest BCUT2D eigenvalue weighted by Crippen LogP contribution is -2.31. The number of ether oxygens (including phenoxy) is 3. The maximum absolute atomic E-state index is 12.2. The molecule has 0 aromatic heterocycles. The van der Waals surface area contributed by atoms with Crippen molar-refractivity contribution in [3.8, 4) is 17.2 Å². The number of hydrogen-bond donors (Lipinski definition) is 2.